The van der Waals surface area contributed by atoms with Crippen LogP contribution in [0.1, 0.15) is 53.6 Å². The van der Waals surface area contributed by atoms with Gasteiger partial charge in [0.05, 0.1) is 12.1 Å². The van der Waals surface area contributed by atoms with Gasteiger partial charge < -0.3 is 10.4 Å². The Morgan fingerprint density at radius 2 is 1.89 bits per heavy atom. The first-order chi connectivity index (χ1) is 9.22. The number of carbonyl (C=O) groups is 1. The highest BCUT2D eigenvalue weighted by atomic mass is 16.3. The van der Waals surface area contributed by atoms with Gasteiger partial charge in [0, 0.05) is 5.56 Å². The number of hydrogen-bond donors (Lipinski definition) is 2. The van der Waals surface area contributed by atoms with Crippen molar-refractivity contribution in [2.75, 3.05) is 6.61 Å². The molecule has 1 aromatic rings. The first-order valence-corrected chi connectivity index (χ1v) is 7.28. The second kappa shape index (κ2) is 4.97. The number of carbonyl (C=O) groups excluding carboxylic acids is 1. The molecule has 2 aliphatic rings. The monoisotopic (exact) mass is 259 g/mol. The summed E-state index contributed by atoms with van der Waals surface area (Å²) in [6.45, 7) is 0.0453. The first kappa shape index (κ1) is 12.7. The smallest absolute Gasteiger partial charge is 0.251 e. The van der Waals surface area contributed by atoms with Crippen LogP contribution in [-0.4, -0.2) is 23.2 Å². The summed E-state index contributed by atoms with van der Waals surface area (Å²) in [4.78, 5) is 12.3. The lowest BCUT2D eigenvalue weighted by Crippen LogP contribution is -2.56. The normalized spacial score (nSPS) is 20.3. The fraction of sp³-hybridized carbons (Fsp3) is 0.562. The highest BCUT2D eigenvalue weighted by Crippen LogP contribution is 2.31. The van der Waals surface area contributed by atoms with Crippen molar-refractivity contribution in [2.24, 2.45) is 0 Å². The Morgan fingerprint density at radius 3 is 2.53 bits per heavy atom. The zero-order valence-electron chi connectivity index (χ0n) is 11.2. The lowest BCUT2D eigenvalue weighted by atomic mass is 9.77. The molecule has 3 nitrogen and oxygen atoms in total. The molecular weight excluding hydrogens is 238 g/mol. The highest BCUT2D eigenvalue weighted by molar-refractivity contribution is 5.95. The Kier molecular flexibility index (Phi) is 3.31. The van der Waals surface area contributed by atoms with Crippen LogP contribution in [0, 0.1) is 0 Å². The van der Waals surface area contributed by atoms with Gasteiger partial charge in [-0.15, -0.1) is 0 Å². The van der Waals surface area contributed by atoms with E-state index in [1.54, 1.807) is 0 Å². The number of rotatable bonds is 3. The van der Waals surface area contributed by atoms with E-state index in [0.29, 0.717) is 0 Å². The lowest BCUT2D eigenvalue weighted by molar-refractivity contribution is 0.0641. The van der Waals surface area contributed by atoms with Gasteiger partial charge in [0.1, 0.15) is 0 Å². The number of aliphatic hydroxyl groups is 1. The molecule has 0 aromatic heterocycles. The Morgan fingerprint density at radius 1 is 1.16 bits per heavy atom. The quantitative estimate of drug-likeness (QED) is 0.874. The Balaban J connectivity index is 1.76. The van der Waals surface area contributed by atoms with E-state index in [9.17, 15) is 9.90 Å². The molecule has 1 saturated carbocycles. The molecule has 1 fully saturated rings. The van der Waals surface area contributed by atoms with Crippen molar-refractivity contribution in [3.05, 3.63) is 34.9 Å². The highest BCUT2D eigenvalue weighted by Gasteiger charge is 2.37. The fourth-order valence-electron chi connectivity index (χ4n) is 3.11. The largest absolute Gasteiger partial charge is 0.394 e. The van der Waals surface area contributed by atoms with Gasteiger partial charge in [-0.1, -0.05) is 6.07 Å². The number of nitrogens with one attached hydrogen (secondary N) is 1. The third-order valence-corrected chi connectivity index (χ3v) is 4.60. The second-order valence-electron chi connectivity index (χ2n) is 5.94. The third kappa shape index (κ3) is 2.39. The number of benzene rings is 1. The van der Waals surface area contributed by atoms with Crippen molar-refractivity contribution in [1.29, 1.82) is 0 Å². The minimum Gasteiger partial charge on any atom is -0.394 e. The van der Waals surface area contributed by atoms with Crippen LogP contribution in [0.5, 0.6) is 0 Å². The van der Waals surface area contributed by atoms with Crippen LogP contribution in [0.4, 0.5) is 0 Å². The van der Waals surface area contributed by atoms with Gasteiger partial charge in [-0.3, -0.25) is 4.79 Å². The number of amides is 1. The van der Waals surface area contributed by atoms with E-state index in [2.05, 4.69) is 11.4 Å². The molecule has 0 radical (unpaired) electrons. The minimum absolute atomic E-state index is 0.0397. The molecule has 1 aromatic carbocycles. The van der Waals surface area contributed by atoms with Crippen LogP contribution in [0.15, 0.2) is 18.2 Å². The molecule has 2 N–H and O–H groups in total. The van der Waals surface area contributed by atoms with Crippen LogP contribution < -0.4 is 5.32 Å². The molecule has 19 heavy (non-hydrogen) atoms. The predicted molar refractivity (Wildman–Crippen MR) is 74.2 cm³/mol. The van der Waals surface area contributed by atoms with E-state index in [0.717, 1.165) is 37.7 Å². The standard InChI is InChI=1S/C16H21NO2/c18-11-16(8-3-9-16)17-15(19)14-7-6-12-4-1-2-5-13(12)10-14/h6-7,10,18H,1-5,8-9,11H2,(H,17,19). The minimum atomic E-state index is -0.354. The summed E-state index contributed by atoms with van der Waals surface area (Å²) in [5, 5.41) is 12.4. The topological polar surface area (TPSA) is 49.3 Å². The van der Waals surface area contributed by atoms with Crippen molar-refractivity contribution < 1.29 is 9.90 Å². The summed E-state index contributed by atoms with van der Waals surface area (Å²) in [5.74, 6) is -0.0397. The van der Waals surface area contributed by atoms with E-state index >= 15 is 0 Å². The third-order valence-electron chi connectivity index (χ3n) is 4.60. The van der Waals surface area contributed by atoms with E-state index in [4.69, 9.17) is 0 Å². The maximum Gasteiger partial charge on any atom is 0.251 e. The fourth-order valence-corrected chi connectivity index (χ4v) is 3.11. The van der Waals surface area contributed by atoms with Crippen molar-refractivity contribution in [3.63, 3.8) is 0 Å². The number of hydrogen-bond acceptors (Lipinski definition) is 2. The van der Waals surface area contributed by atoms with Crippen LogP contribution >= 0.6 is 0 Å². The van der Waals surface area contributed by atoms with Gasteiger partial charge in [-0.05, 0) is 68.2 Å². The molecule has 0 atom stereocenters. The van der Waals surface area contributed by atoms with Crippen LogP contribution in [-0.2, 0) is 12.8 Å². The molecule has 1 amide bonds. The molecule has 3 rings (SSSR count). The van der Waals surface area contributed by atoms with Gasteiger partial charge in [0.2, 0.25) is 0 Å². The molecule has 3 heteroatoms. The summed E-state index contributed by atoms with van der Waals surface area (Å²) in [6, 6.07) is 6.05. The molecule has 0 unspecified atom stereocenters. The van der Waals surface area contributed by atoms with Crippen molar-refractivity contribution in [1.82, 2.24) is 5.32 Å². The van der Waals surface area contributed by atoms with Crippen LogP contribution in [0.3, 0.4) is 0 Å². The van der Waals surface area contributed by atoms with Gasteiger partial charge in [0.25, 0.3) is 5.91 Å². The summed E-state index contributed by atoms with van der Waals surface area (Å²) in [6.07, 6.45) is 7.57. The molecule has 0 saturated heterocycles. The van der Waals surface area contributed by atoms with Gasteiger partial charge in [0.15, 0.2) is 0 Å². The zero-order valence-corrected chi connectivity index (χ0v) is 11.2. The Hall–Kier alpha value is -1.35. The van der Waals surface area contributed by atoms with Gasteiger partial charge in [-0.2, -0.15) is 0 Å². The van der Waals surface area contributed by atoms with Crippen molar-refractivity contribution in [2.45, 2.75) is 50.5 Å². The first-order valence-electron chi connectivity index (χ1n) is 7.28. The van der Waals surface area contributed by atoms with Gasteiger partial charge in [-0.25, -0.2) is 0 Å². The maximum atomic E-state index is 12.3. The van der Waals surface area contributed by atoms with Crippen molar-refractivity contribution >= 4 is 5.91 Å². The predicted octanol–water partition coefficient (Wildman–Crippen LogP) is 2.21. The molecule has 2 aliphatic carbocycles. The molecule has 102 valence electrons. The van der Waals surface area contributed by atoms with E-state index in [-0.39, 0.29) is 18.1 Å². The van der Waals surface area contributed by atoms with E-state index in [1.165, 1.54) is 24.0 Å². The maximum absolute atomic E-state index is 12.3. The Bertz CT molecular complexity index is 486. The number of fused-ring (bicyclic) bond motifs is 1. The summed E-state index contributed by atoms with van der Waals surface area (Å²) in [7, 11) is 0. The summed E-state index contributed by atoms with van der Waals surface area (Å²) in [5.41, 5.74) is 3.10. The average molecular weight is 259 g/mol. The lowest BCUT2D eigenvalue weighted by Gasteiger charge is -2.41. The second-order valence-corrected chi connectivity index (χ2v) is 5.94. The van der Waals surface area contributed by atoms with E-state index in [1.807, 2.05) is 12.1 Å². The van der Waals surface area contributed by atoms with E-state index < -0.39 is 0 Å². The molecule has 0 aliphatic heterocycles. The van der Waals surface area contributed by atoms with Crippen LogP contribution in [0.25, 0.3) is 0 Å². The molecular formula is C16H21NO2. The zero-order chi connectivity index (χ0) is 13.3. The molecule has 0 spiro atoms. The van der Waals surface area contributed by atoms with Gasteiger partial charge >= 0.3 is 0 Å². The number of aliphatic hydroxyl groups excluding tert-OH is 1. The average Bonchev–Trinajstić information content (AvgIpc) is 2.42. The summed E-state index contributed by atoms with van der Waals surface area (Å²) >= 11 is 0. The van der Waals surface area contributed by atoms with Crippen molar-refractivity contribution in [3.8, 4) is 0 Å². The number of aryl methyl sites for hydroxylation is 2. The summed E-state index contributed by atoms with van der Waals surface area (Å²) < 4.78 is 0. The molecule has 0 bridgehead atoms. The Labute approximate surface area is 114 Å². The SMILES string of the molecule is O=C(NC1(CO)CCC1)c1ccc2c(c1)CCCC2. The van der Waals surface area contributed by atoms with Crippen LogP contribution in [0.2, 0.25) is 0 Å². The molecule has 0 heterocycles.